The van der Waals surface area contributed by atoms with Crippen LogP contribution in [0.1, 0.15) is 35.9 Å². The van der Waals surface area contributed by atoms with E-state index in [1.54, 1.807) is 24.0 Å². The summed E-state index contributed by atoms with van der Waals surface area (Å²) in [6.45, 7) is 4.16. The van der Waals surface area contributed by atoms with Crippen molar-refractivity contribution >= 4 is 11.7 Å². The van der Waals surface area contributed by atoms with Crippen molar-refractivity contribution in [3.63, 3.8) is 0 Å². The minimum absolute atomic E-state index is 0.0901. The van der Waals surface area contributed by atoms with Crippen molar-refractivity contribution in [3.05, 3.63) is 47.1 Å². The van der Waals surface area contributed by atoms with Crippen molar-refractivity contribution in [2.24, 2.45) is 0 Å². The number of nitrogens with zero attached hydrogens (tertiary/aromatic N) is 2. The topological polar surface area (TPSA) is 58.4 Å². The highest BCUT2D eigenvalue weighted by atomic mass is 19.1. The number of carbonyl (C=O) groups is 1. The van der Waals surface area contributed by atoms with E-state index in [0.29, 0.717) is 17.8 Å². The van der Waals surface area contributed by atoms with Crippen molar-refractivity contribution in [2.45, 2.75) is 32.7 Å². The molecule has 2 heterocycles. The maximum Gasteiger partial charge on any atom is 0.322 e. The number of likely N-dealkylation sites (tertiary alicyclic amines) is 1. The van der Waals surface area contributed by atoms with E-state index in [1.165, 1.54) is 6.07 Å². The molecule has 0 bridgehead atoms. The molecule has 1 aliphatic heterocycles. The number of amides is 2. The normalized spacial score (nSPS) is 17.8. The fourth-order valence-electron chi connectivity index (χ4n) is 2.73. The van der Waals surface area contributed by atoms with Gasteiger partial charge in [-0.15, -0.1) is 0 Å². The maximum atomic E-state index is 13.6. The number of nitrogens with one attached hydrogen (secondary N) is 1. The van der Waals surface area contributed by atoms with Gasteiger partial charge >= 0.3 is 6.03 Å². The molecule has 0 aliphatic carbocycles. The lowest BCUT2D eigenvalue weighted by Crippen LogP contribution is -2.34. The van der Waals surface area contributed by atoms with Crippen LogP contribution in [0.4, 0.5) is 14.9 Å². The summed E-state index contributed by atoms with van der Waals surface area (Å²) in [6, 6.07) is 6.19. The van der Waals surface area contributed by atoms with Crippen molar-refractivity contribution < 1.29 is 13.7 Å². The number of rotatable bonds is 2. The number of halogens is 1. The summed E-state index contributed by atoms with van der Waals surface area (Å²) in [7, 11) is 0. The molecule has 1 saturated heterocycles. The van der Waals surface area contributed by atoms with Gasteiger partial charge in [-0.05, 0) is 44.4 Å². The molecule has 5 nitrogen and oxygen atoms in total. The number of benzene rings is 1. The molecule has 116 valence electrons. The molecule has 0 radical (unpaired) electrons. The summed E-state index contributed by atoms with van der Waals surface area (Å²) >= 11 is 0. The zero-order chi connectivity index (χ0) is 15.7. The average molecular weight is 303 g/mol. The second-order valence-electron chi connectivity index (χ2n) is 5.61. The molecule has 2 aromatic rings. The second-order valence-corrected chi connectivity index (χ2v) is 5.61. The van der Waals surface area contributed by atoms with E-state index in [0.717, 1.165) is 24.3 Å². The van der Waals surface area contributed by atoms with Crippen LogP contribution in [0.15, 0.2) is 28.8 Å². The first-order chi connectivity index (χ1) is 10.5. The van der Waals surface area contributed by atoms with Gasteiger partial charge in [-0.2, -0.15) is 0 Å². The number of aryl methyl sites for hydroxylation is 2. The Morgan fingerprint density at radius 3 is 2.91 bits per heavy atom. The first-order valence-electron chi connectivity index (χ1n) is 7.31. The molecule has 1 aliphatic rings. The van der Waals surface area contributed by atoms with Gasteiger partial charge in [0.05, 0.1) is 6.04 Å². The Balaban J connectivity index is 1.74. The Bertz CT molecular complexity index is 698. The largest absolute Gasteiger partial charge is 0.361 e. The average Bonchev–Trinajstić information content (AvgIpc) is 3.11. The quantitative estimate of drug-likeness (QED) is 0.918. The minimum atomic E-state index is -0.331. The molecule has 1 atom stereocenters. The van der Waals surface area contributed by atoms with E-state index in [1.807, 2.05) is 13.0 Å². The monoisotopic (exact) mass is 303 g/mol. The zero-order valence-corrected chi connectivity index (χ0v) is 12.6. The van der Waals surface area contributed by atoms with Gasteiger partial charge < -0.3 is 14.7 Å². The molecule has 1 N–H and O–H groups in total. The van der Waals surface area contributed by atoms with Crippen molar-refractivity contribution in [2.75, 3.05) is 11.9 Å². The van der Waals surface area contributed by atoms with Crippen molar-refractivity contribution in [3.8, 4) is 0 Å². The van der Waals surface area contributed by atoms with Crippen LogP contribution in [0.25, 0.3) is 0 Å². The Hall–Kier alpha value is -2.37. The number of carbonyl (C=O) groups excluding carboxylic acids is 1. The third-order valence-corrected chi connectivity index (χ3v) is 3.92. The van der Waals surface area contributed by atoms with Crippen LogP contribution in [0.3, 0.4) is 0 Å². The van der Waals surface area contributed by atoms with Gasteiger partial charge in [0.15, 0.2) is 0 Å². The lowest BCUT2D eigenvalue weighted by molar-refractivity contribution is 0.204. The number of aromatic nitrogens is 1. The van der Waals surface area contributed by atoms with Crippen LogP contribution in [0, 0.1) is 19.7 Å². The van der Waals surface area contributed by atoms with Gasteiger partial charge in [0.2, 0.25) is 0 Å². The van der Waals surface area contributed by atoms with Gasteiger partial charge in [-0.25, -0.2) is 9.18 Å². The van der Waals surface area contributed by atoms with Crippen molar-refractivity contribution in [1.29, 1.82) is 0 Å². The van der Waals surface area contributed by atoms with Crippen LogP contribution in [0.5, 0.6) is 0 Å². The molecule has 1 aromatic heterocycles. The van der Waals surface area contributed by atoms with Gasteiger partial charge in [-0.3, -0.25) is 0 Å². The summed E-state index contributed by atoms with van der Waals surface area (Å²) in [6.07, 6.45) is 1.76. The van der Waals surface area contributed by atoms with Crippen LogP contribution >= 0.6 is 0 Å². The smallest absolute Gasteiger partial charge is 0.322 e. The first kappa shape index (κ1) is 14.6. The molecule has 3 rings (SSSR count). The molecule has 1 aromatic carbocycles. The van der Waals surface area contributed by atoms with Crippen LogP contribution < -0.4 is 5.32 Å². The molecule has 22 heavy (non-hydrogen) atoms. The van der Waals surface area contributed by atoms with E-state index in [2.05, 4.69) is 10.5 Å². The summed E-state index contributed by atoms with van der Waals surface area (Å²) in [4.78, 5) is 14.2. The van der Waals surface area contributed by atoms with Gasteiger partial charge in [0.1, 0.15) is 17.3 Å². The highest BCUT2D eigenvalue weighted by Gasteiger charge is 2.32. The summed E-state index contributed by atoms with van der Waals surface area (Å²) in [5.41, 5.74) is 1.77. The third kappa shape index (κ3) is 2.81. The molecule has 1 fully saturated rings. The molecule has 0 saturated carbocycles. The summed E-state index contributed by atoms with van der Waals surface area (Å²) in [5.74, 6) is 0.394. The summed E-state index contributed by atoms with van der Waals surface area (Å²) in [5, 5.41) is 6.75. The molecule has 0 spiro atoms. The Kier molecular flexibility index (Phi) is 3.83. The van der Waals surface area contributed by atoms with E-state index in [4.69, 9.17) is 4.52 Å². The Morgan fingerprint density at radius 1 is 1.41 bits per heavy atom. The standard InChI is InChI=1S/C16H18FN3O2/c1-10-5-6-12(9-13(10)17)18-16(21)20-7-3-4-15(20)14-8-11(2)22-19-14/h5-6,8-9,15H,3-4,7H2,1-2H3,(H,18,21). The molecule has 2 amide bonds. The maximum absolute atomic E-state index is 13.6. The van der Waals surface area contributed by atoms with Gasteiger partial charge in [-0.1, -0.05) is 11.2 Å². The van der Waals surface area contributed by atoms with E-state index in [-0.39, 0.29) is 17.9 Å². The predicted octanol–water partition coefficient (Wildman–Crippen LogP) is 3.80. The Morgan fingerprint density at radius 2 is 2.23 bits per heavy atom. The van der Waals surface area contributed by atoms with Crippen molar-refractivity contribution in [1.82, 2.24) is 10.1 Å². The second kappa shape index (κ2) is 5.79. The van der Waals surface area contributed by atoms with Gasteiger partial charge in [0.25, 0.3) is 0 Å². The summed E-state index contributed by atoms with van der Waals surface area (Å²) < 4.78 is 18.7. The van der Waals surface area contributed by atoms with E-state index in [9.17, 15) is 9.18 Å². The lowest BCUT2D eigenvalue weighted by atomic mass is 10.1. The number of anilines is 1. The number of hydrogen-bond donors (Lipinski definition) is 1. The van der Waals surface area contributed by atoms with Crippen LogP contribution in [-0.2, 0) is 0 Å². The molecule has 1 unspecified atom stereocenters. The Labute approximate surface area is 128 Å². The fraction of sp³-hybridized carbons (Fsp3) is 0.375. The highest BCUT2D eigenvalue weighted by Crippen LogP contribution is 2.32. The lowest BCUT2D eigenvalue weighted by Gasteiger charge is -2.23. The number of urea groups is 1. The molecular formula is C16H18FN3O2. The minimum Gasteiger partial charge on any atom is -0.361 e. The van der Waals surface area contributed by atoms with E-state index >= 15 is 0 Å². The zero-order valence-electron chi connectivity index (χ0n) is 12.6. The predicted molar refractivity (Wildman–Crippen MR) is 80.1 cm³/mol. The SMILES string of the molecule is Cc1cc(C2CCCN2C(=O)Nc2ccc(C)c(F)c2)no1. The molecule has 6 heteroatoms. The van der Waals surface area contributed by atoms with Gasteiger partial charge in [0, 0.05) is 18.3 Å². The third-order valence-electron chi connectivity index (χ3n) is 3.92. The highest BCUT2D eigenvalue weighted by molar-refractivity contribution is 5.89. The number of hydrogen-bond acceptors (Lipinski definition) is 3. The fourth-order valence-corrected chi connectivity index (χ4v) is 2.73. The van der Waals surface area contributed by atoms with E-state index < -0.39 is 0 Å². The van der Waals surface area contributed by atoms with Crippen LogP contribution in [0.2, 0.25) is 0 Å². The molecular weight excluding hydrogens is 285 g/mol. The van der Waals surface area contributed by atoms with Crippen LogP contribution in [-0.4, -0.2) is 22.6 Å². The first-order valence-corrected chi connectivity index (χ1v) is 7.31.